The topological polar surface area (TPSA) is 41.6 Å². The molecular weight excluding hydrogens is 216 g/mol. The molecule has 1 N–H and O–H groups in total. The lowest BCUT2D eigenvalue weighted by Crippen LogP contribution is -2.46. The Morgan fingerprint density at radius 1 is 1.65 bits per heavy atom. The number of terminal acetylenes is 1. The van der Waals surface area contributed by atoms with Crippen LogP contribution >= 0.6 is 0 Å². The van der Waals surface area contributed by atoms with Gasteiger partial charge in [-0.2, -0.15) is 0 Å². The van der Waals surface area contributed by atoms with Gasteiger partial charge in [-0.25, -0.2) is 0 Å². The third-order valence-electron chi connectivity index (χ3n) is 2.79. The molecule has 0 aromatic rings. The molecule has 4 heteroatoms. The van der Waals surface area contributed by atoms with Crippen LogP contribution < -0.4 is 5.32 Å². The van der Waals surface area contributed by atoms with E-state index in [0.717, 1.165) is 39.0 Å². The molecule has 0 aromatic heterocycles. The van der Waals surface area contributed by atoms with Crippen molar-refractivity contribution in [3.8, 4) is 12.3 Å². The number of hydrogen-bond donors (Lipinski definition) is 1. The first-order chi connectivity index (χ1) is 8.27. The lowest BCUT2D eigenvalue weighted by atomic mass is 10.1. The van der Waals surface area contributed by atoms with Gasteiger partial charge in [-0.15, -0.1) is 6.42 Å². The van der Waals surface area contributed by atoms with Crippen LogP contribution in [0, 0.1) is 12.3 Å². The number of hydrogen-bond acceptors (Lipinski definition) is 3. The third-order valence-corrected chi connectivity index (χ3v) is 2.79. The first kappa shape index (κ1) is 14.0. The first-order valence-corrected chi connectivity index (χ1v) is 6.31. The van der Waals surface area contributed by atoms with Crippen molar-refractivity contribution in [2.75, 3.05) is 32.8 Å². The van der Waals surface area contributed by atoms with Gasteiger partial charge in [0.2, 0.25) is 5.91 Å². The Kier molecular flexibility index (Phi) is 6.68. The third kappa shape index (κ3) is 5.20. The summed E-state index contributed by atoms with van der Waals surface area (Å²) >= 11 is 0. The van der Waals surface area contributed by atoms with Crippen molar-refractivity contribution in [2.45, 2.75) is 32.3 Å². The van der Waals surface area contributed by atoms with Gasteiger partial charge in [-0.05, 0) is 19.3 Å². The maximum Gasteiger partial charge on any atom is 0.236 e. The van der Waals surface area contributed by atoms with Gasteiger partial charge in [-0.3, -0.25) is 10.1 Å². The number of ether oxygens (including phenoxy) is 1. The molecule has 1 fully saturated rings. The molecule has 0 aliphatic carbocycles. The molecule has 1 heterocycles. The Balaban J connectivity index is 2.28. The molecule has 1 saturated heterocycles. The van der Waals surface area contributed by atoms with Crippen molar-refractivity contribution in [1.82, 2.24) is 10.2 Å². The fourth-order valence-electron chi connectivity index (χ4n) is 1.94. The SMILES string of the molecule is C#CCNCC(=O)N1CCCC(OCCC)C1. The fourth-order valence-corrected chi connectivity index (χ4v) is 1.94. The number of carbonyl (C=O) groups is 1. The monoisotopic (exact) mass is 238 g/mol. The van der Waals surface area contributed by atoms with E-state index in [2.05, 4.69) is 18.2 Å². The van der Waals surface area contributed by atoms with E-state index in [9.17, 15) is 4.79 Å². The van der Waals surface area contributed by atoms with Crippen molar-refractivity contribution in [3.05, 3.63) is 0 Å². The Labute approximate surface area is 104 Å². The number of nitrogens with zero attached hydrogens (tertiary/aromatic N) is 1. The van der Waals surface area contributed by atoms with E-state index in [0.29, 0.717) is 13.1 Å². The highest BCUT2D eigenvalue weighted by Gasteiger charge is 2.23. The Bertz CT molecular complexity index is 273. The molecule has 0 aromatic carbocycles. The molecule has 1 aliphatic heterocycles. The van der Waals surface area contributed by atoms with E-state index in [1.165, 1.54) is 0 Å². The average molecular weight is 238 g/mol. The van der Waals surface area contributed by atoms with Crippen molar-refractivity contribution in [3.63, 3.8) is 0 Å². The quantitative estimate of drug-likeness (QED) is 0.545. The second-order valence-electron chi connectivity index (χ2n) is 4.28. The minimum atomic E-state index is 0.116. The second kappa shape index (κ2) is 8.10. The van der Waals surface area contributed by atoms with Crippen LogP contribution in [-0.2, 0) is 9.53 Å². The van der Waals surface area contributed by atoms with E-state index >= 15 is 0 Å². The number of carbonyl (C=O) groups excluding carboxylic acids is 1. The van der Waals surface area contributed by atoms with Gasteiger partial charge in [0.15, 0.2) is 0 Å². The van der Waals surface area contributed by atoms with Crippen molar-refractivity contribution < 1.29 is 9.53 Å². The van der Waals surface area contributed by atoms with Gasteiger partial charge in [0.1, 0.15) is 0 Å². The molecule has 0 saturated carbocycles. The summed E-state index contributed by atoms with van der Waals surface area (Å²) in [5.41, 5.74) is 0. The van der Waals surface area contributed by atoms with Gasteiger partial charge in [0, 0.05) is 19.7 Å². The van der Waals surface area contributed by atoms with E-state index < -0.39 is 0 Å². The Hall–Kier alpha value is -1.05. The summed E-state index contributed by atoms with van der Waals surface area (Å²) in [5, 5.41) is 2.92. The predicted octanol–water partition coefficient (Wildman–Crippen LogP) is 0.627. The van der Waals surface area contributed by atoms with Crippen LogP contribution in [0.15, 0.2) is 0 Å². The lowest BCUT2D eigenvalue weighted by Gasteiger charge is -2.32. The minimum Gasteiger partial charge on any atom is -0.376 e. The van der Waals surface area contributed by atoms with E-state index in [1.807, 2.05) is 4.90 Å². The van der Waals surface area contributed by atoms with Crippen LogP contribution in [0.2, 0.25) is 0 Å². The summed E-state index contributed by atoms with van der Waals surface area (Å²) in [7, 11) is 0. The number of piperidine rings is 1. The Morgan fingerprint density at radius 3 is 3.18 bits per heavy atom. The van der Waals surface area contributed by atoms with Crippen molar-refractivity contribution in [1.29, 1.82) is 0 Å². The molecule has 1 amide bonds. The molecule has 1 atom stereocenters. The zero-order valence-electron chi connectivity index (χ0n) is 10.6. The van der Waals surface area contributed by atoms with Crippen LogP contribution in [0.1, 0.15) is 26.2 Å². The first-order valence-electron chi connectivity index (χ1n) is 6.31. The number of nitrogens with one attached hydrogen (secondary N) is 1. The zero-order valence-corrected chi connectivity index (χ0v) is 10.6. The second-order valence-corrected chi connectivity index (χ2v) is 4.28. The van der Waals surface area contributed by atoms with E-state index in [-0.39, 0.29) is 12.0 Å². The van der Waals surface area contributed by atoms with Gasteiger partial charge < -0.3 is 9.64 Å². The minimum absolute atomic E-state index is 0.116. The molecule has 1 rings (SSSR count). The van der Waals surface area contributed by atoms with Gasteiger partial charge >= 0.3 is 0 Å². The predicted molar refractivity (Wildman–Crippen MR) is 67.5 cm³/mol. The van der Waals surface area contributed by atoms with Crippen LogP contribution in [0.4, 0.5) is 0 Å². The van der Waals surface area contributed by atoms with Crippen LogP contribution in [0.5, 0.6) is 0 Å². The van der Waals surface area contributed by atoms with Crippen molar-refractivity contribution in [2.24, 2.45) is 0 Å². The molecule has 17 heavy (non-hydrogen) atoms. The van der Waals surface area contributed by atoms with Gasteiger partial charge in [-0.1, -0.05) is 12.8 Å². The molecule has 1 aliphatic rings. The summed E-state index contributed by atoms with van der Waals surface area (Å²) in [6.07, 6.45) is 8.42. The highest BCUT2D eigenvalue weighted by atomic mass is 16.5. The molecule has 0 bridgehead atoms. The molecule has 4 nitrogen and oxygen atoms in total. The van der Waals surface area contributed by atoms with Crippen LogP contribution in [0.3, 0.4) is 0 Å². The average Bonchev–Trinajstić information content (AvgIpc) is 2.37. The smallest absolute Gasteiger partial charge is 0.236 e. The summed E-state index contributed by atoms with van der Waals surface area (Å²) in [6.45, 7) is 5.19. The molecule has 1 unspecified atom stereocenters. The summed E-state index contributed by atoms with van der Waals surface area (Å²) in [6, 6.07) is 0. The highest BCUT2D eigenvalue weighted by Crippen LogP contribution is 2.13. The van der Waals surface area contributed by atoms with E-state index in [1.54, 1.807) is 0 Å². The maximum atomic E-state index is 11.8. The molecule has 0 spiro atoms. The number of likely N-dealkylation sites (tertiary alicyclic amines) is 1. The zero-order chi connectivity index (χ0) is 12.5. The highest BCUT2D eigenvalue weighted by molar-refractivity contribution is 5.78. The van der Waals surface area contributed by atoms with Crippen LogP contribution in [-0.4, -0.2) is 49.7 Å². The van der Waals surface area contributed by atoms with Gasteiger partial charge in [0.05, 0.1) is 19.2 Å². The summed E-state index contributed by atoms with van der Waals surface area (Å²) in [4.78, 5) is 13.7. The van der Waals surface area contributed by atoms with E-state index in [4.69, 9.17) is 11.2 Å². The number of rotatable bonds is 6. The standard InChI is InChI=1S/C13H22N2O2/c1-3-7-14-10-13(16)15-8-5-6-12(11-15)17-9-4-2/h1,12,14H,4-11H2,2H3. The Morgan fingerprint density at radius 2 is 2.47 bits per heavy atom. The normalized spacial score (nSPS) is 20.0. The summed E-state index contributed by atoms with van der Waals surface area (Å²) < 4.78 is 5.69. The lowest BCUT2D eigenvalue weighted by molar-refractivity contribution is -0.134. The molecule has 96 valence electrons. The number of amides is 1. The van der Waals surface area contributed by atoms with Crippen LogP contribution in [0.25, 0.3) is 0 Å². The summed E-state index contributed by atoms with van der Waals surface area (Å²) in [5.74, 6) is 2.57. The maximum absolute atomic E-state index is 11.8. The largest absolute Gasteiger partial charge is 0.376 e. The fraction of sp³-hybridized carbons (Fsp3) is 0.769. The van der Waals surface area contributed by atoms with Crippen molar-refractivity contribution >= 4 is 5.91 Å². The van der Waals surface area contributed by atoms with Gasteiger partial charge in [0.25, 0.3) is 0 Å². The molecular formula is C13H22N2O2. The molecule has 0 radical (unpaired) electrons.